The first kappa shape index (κ1) is 10.7. The van der Waals surface area contributed by atoms with Crippen LogP contribution in [-0.2, 0) is 4.79 Å². The summed E-state index contributed by atoms with van der Waals surface area (Å²) in [5, 5.41) is 2.74. The van der Waals surface area contributed by atoms with E-state index in [0.717, 1.165) is 18.8 Å². The van der Waals surface area contributed by atoms with Gasteiger partial charge < -0.3 is 4.90 Å². The van der Waals surface area contributed by atoms with Gasteiger partial charge in [-0.1, -0.05) is 17.7 Å². The Hall–Kier alpha value is -1.84. The fourth-order valence-corrected chi connectivity index (χ4v) is 1.69. The Kier molecular flexibility index (Phi) is 2.90. The number of hydrogen-bond donors (Lipinski definition) is 1. The van der Waals surface area contributed by atoms with Crippen LogP contribution in [0.2, 0.25) is 0 Å². The van der Waals surface area contributed by atoms with Crippen molar-refractivity contribution in [1.29, 1.82) is 0 Å². The number of anilines is 1. The monoisotopic (exact) mass is 217 g/mol. The fraction of sp³-hybridized carbons (Fsp3) is 0.333. The van der Waals surface area contributed by atoms with E-state index < -0.39 is 0 Å². The van der Waals surface area contributed by atoms with Crippen LogP contribution >= 0.6 is 0 Å². The maximum Gasteiger partial charge on any atom is 0.223 e. The molecular weight excluding hydrogens is 202 g/mol. The molecule has 0 atom stereocenters. The summed E-state index contributed by atoms with van der Waals surface area (Å²) in [6.45, 7) is 5.09. The number of benzene rings is 1. The molecule has 16 heavy (non-hydrogen) atoms. The van der Waals surface area contributed by atoms with Crippen LogP contribution in [0.25, 0.3) is 0 Å². The Morgan fingerprint density at radius 3 is 2.69 bits per heavy atom. The van der Waals surface area contributed by atoms with Gasteiger partial charge >= 0.3 is 0 Å². The summed E-state index contributed by atoms with van der Waals surface area (Å²) < 4.78 is 0. The zero-order valence-electron chi connectivity index (χ0n) is 9.53. The van der Waals surface area contributed by atoms with Gasteiger partial charge in [0.1, 0.15) is 0 Å². The van der Waals surface area contributed by atoms with Crippen molar-refractivity contribution < 1.29 is 4.79 Å². The van der Waals surface area contributed by atoms with E-state index in [1.54, 1.807) is 0 Å². The molecule has 0 bridgehead atoms. The lowest BCUT2D eigenvalue weighted by Gasteiger charge is -2.20. The highest BCUT2D eigenvalue weighted by atomic mass is 16.1. The van der Waals surface area contributed by atoms with Crippen LogP contribution in [0.5, 0.6) is 0 Å². The summed E-state index contributed by atoms with van der Waals surface area (Å²) in [4.78, 5) is 17.3. The number of hydrogen-bond acceptors (Lipinski definition) is 3. The lowest BCUT2D eigenvalue weighted by molar-refractivity contribution is -0.117. The molecule has 0 unspecified atom stereocenters. The summed E-state index contributed by atoms with van der Waals surface area (Å²) in [6.07, 6.45) is 0. The van der Waals surface area contributed by atoms with Gasteiger partial charge in [0.25, 0.3) is 0 Å². The molecule has 0 aliphatic carbocycles. The number of nitrogens with zero attached hydrogens (tertiary/aromatic N) is 2. The van der Waals surface area contributed by atoms with Gasteiger partial charge in [-0.3, -0.25) is 15.1 Å². The van der Waals surface area contributed by atoms with Crippen LogP contribution in [0.4, 0.5) is 5.69 Å². The van der Waals surface area contributed by atoms with E-state index in [0.29, 0.717) is 5.96 Å². The molecule has 84 valence electrons. The number of rotatable bonds is 1. The van der Waals surface area contributed by atoms with Crippen molar-refractivity contribution in [3.63, 3.8) is 0 Å². The van der Waals surface area contributed by atoms with Crippen molar-refractivity contribution in [3.05, 3.63) is 29.8 Å². The minimum Gasteiger partial charge on any atom is -0.311 e. The molecule has 1 aromatic carbocycles. The van der Waals surface area contributed by atoms with Crippen molar-refractivity contribution >= 4 is 17.6 Å². The SMILES string of the molecule is CC(=O)NC1=NCCN1c1ccc(C)cc1. The molecule has 0 radical (unpaired) electrons. The van der Waals surface area contributed by atoms with Crippen LogP contribution in [-0.4, -0.2) is 25.0 Å². The van der Waals surface area contributed by atoms with E-state index in [-0.39, 0.29) is 5.91 Å². The average molecular weight is 217 g/mol. The number of carbonyl (C=O) groups excluding carboxylic acids is 1. The van der Waals surface area contributed by atoms with Gasteiger partial charge in [-0.15, -0.1) is 0 Å². The Morgan fingerprint density at radius 1 is 1.38 bits per heavy atom. The average Bonchev–Trinajstić information content (AvgIpc) is 2.66. The van der Waals surface area contributed by atoms with Crippen LogP contribution in [0, 0.1) is 6.92 Å². The smallest absolute Gasteiger partial charge is 0.223 e. The predicted octanol–water partition coefficient (Wildman–Crippen LogP) is 1.31. The number of guanidine groups is 1. The first-order valence-electron chi connectivity index (χ1n) is 5.33. The zero-order valence-corrected chi connectivity index (χ0v) is 9.53. The lowest BCUT2D eigenvalue weighted by atomic mass is 10.2. The van der Waals surface area contributed by atoms with Crippen LogP contribution in [0.15, 0.2) is 29.3 Å². The number of nitrogens with one attached hydrogen (secondary N) is 1. The van der Waals surface area contributed by atoms with Gasteiger partial charge in [-0.05, 0) is 19.1 Å². The van der Waals surface area contributed by atoms with Gasteiger partial charge in [0.15, 0.2) is 0 Å². The molecule has 4 heteroatoms. The molecule has 4 nitrogen and oxygen atoms in total. The minimum atomic E-state index is -0.0854. The number of aliphatic imine (C=N–C) groups is 1. The number of amides is 1. The molecule has 0 saturated carbocycles. The van der Waals surface area contributed by atoms with Crippen LogP contribution in [0.3, 0.4) is 0 Å². The second-order valence-electron chi connectivity index (χ2n) is 3.87. The molecule has 1 aliphatic rings. The molecular formula is C12H15N3O. The molecule has 0 fully saturated rings. The van der Waals surface area contributed by atoms with Gasteiger partial charge in [0.2, 0.25) is 11.9 Å². The standard InChI is InChI=1S/C12H15N3O/c1-9-3-5-11(6-4-9)15-8-7-13-12(15)14-10(2)16/h3-6H,7-8H2,1-2H3,(H,13,14,16). The second kappa shape index (κ2) is 4.35. The van der Waals surface area contributed by atoms with Crippen LogP contribution < -0.4 is 10.2 Å². The van der Waals surface area contributed by atoms with E-state index >= 15 is 0 Å². The van der Waals surface area contributed by atoms with E-state index in [1.165, 1.54) is 12.5 Å². The summed E-state index contributed by atoms with van der Waals surface area (Å²) >= 11 is 0. The van der Waals surface area contributed by atoms with Crippen molar-refractivity contribution in [3.8, 4) is 0 Å². The van der Waals surface area contributed by atoms with Gasteiger partial charge in [-0.25, -0.2) is 0 Å². The van der Waals surface area contributed by atoms with E-state index in [9.17, 15) is 4.79 Å². The molecule has 1 aliphatic heterocycles. The Balaban J connectivity index is 2.18. The first-order valence-corrected chi connectivity index (χ1v) is 5.33. The first-order chi connectivity index (χ1) is 7.66. The molecule has 0 spiro atoms. The van der Waals surface area contributed by atoms with Gasteiger partial charge in [-0.2, -0.15) is 0 Å². The summed E-state index contributed by atoms with van der Waals surface area (Å²) in [7, 11) is 0. The highest BCUT2D eigenvalue weighted by Crippen LogP contribution is 2.17. The van der Waals surface area contributed by atoms with E-state index in [4.69, 9.17) is 0 Å². The minimum absolute atomic E-state index is 0.0854. The topological polar surface area (TPSA) is 44.7 Å². The third-order valence-corrected chi connectivity index (χ3v) is 2.47. The summed E-state index contributed by atoms with van der Waals surface area (Å²) in [5.74, 6) is 0.564. The van der Waals surface area contributed by atoms with Crippen LogP contribution in [0.1, 0.15) is 12.5 Å². The summed E-state index contributed by atoms with van der Waals surface area (Å²) in [5.41, 5.74) is 2.29. The molecule has 0 aromatic heterocycles. The Morgan fingerprint density at radius 2 is 2.06 bits per heavy atom. The summed E-state index contributed by atoms with van der Waals surface area (Å²) in [6, 6.07) is 8.19. The Bertz CT molecular complexity index is 422. The van der Waals surface area contributed by atoms with E-state index in [2.05, 4.69) is 29.4 Å². The normalized spacial score (nSPS) is 14.9. The Labute approximate surface area is 95.0 Å². The third kappa shape index (κ3) is 2.21. The molecule has 1 heterocycles. The quantitative estimate of drug-likeness (QED) is 0.770. The second-order valence-corrected chi connectivity index (χ2v) is 3.87. The fourth-order valence-electron chi connectivity index (χ4n) is 1.69. The number of aryl methyl sites for hydroxylation is 1. The predicted molar refractivity (Wildman–Crippen MR) is 64.6 cm³/mol. The zero-order chi connectivity index (χ0) is 11.5. The lowest BCUT2D eigenvalue weighted by Crippen LogP contribution is -2.40. The highest BCUT2D eigenvalue weighted by Gasteiger charge is 2.18. The maximum atomic E-state index is 11.0. The van der Waals surface area contributed by atoms with E-state index in [1.807, 2.05) is 17.0 Å². The third-order valence-electron chi connectivity index (χ3n) is 2.47. The molecule has 1 aromatic rings. The van der Waals surface area contributed by atoms with Crippen molar-refractivity contribution in [1.82, 2.24) is 5.32 Å². The van der Waals surface area contributed by atoms with Crippen molar-refractivity contribution in [2.75, 3.05) is 18.0 Å². The molecule has 2 rings (SSSR count). The maximum absolute atomic E-state index is 11.0. The van der Waals surface area contributed by atoms with Crippen molar-refractivity contribution in [2.45, 2.75) is 13.8 Å². The number of carbonyl (C=O) groups is 1. The van der Waals surface area contributed by atoms with Gasteiger partial charge in [0.05, 0.1) is 6.54 Å². The van der Waals surface area contributed by atoms with Gasteiger partial charge in [0, 0.05) is 19.2 Å². The molecule has 1 amide bonds. The molecule has 1 N–H and O–H groups in total. The molecule has 0 saturated heterocycles. The largest absolute Gasteiger partial charge is 0.311 e. The van der Waals surface area contributed by atoms with Crippen molar-refractivity contribution in [2.24, 2.45) is 4.99 Å². The highest BCUT2D eigenvalue weighted by molar-refractivity contribution is 6.06.